The summed E-state index contributed by atoms with van der Waals surface area (Å²) in [7, 11) is 2.22. The van der Waals surface area contributed by atoms with E-state index in [9.17, 15) is 4.79 Å². The average Bonchev–Trinajstić information content (AvgIpc) is 3.21. The van der Waals surface area contributed by atoms with E-state index in [1.54, 1.807) is 18.0 Å². The number of imidazole rings is 1. The number of likely N-dealkylation sites (tertiary alicyclic amines) is 1. The molecule has 1 aromatic heterocycles. The zero-order chi connectivity index (χ0) is 19.9. The highest BCUT2D eigenvalue weighted by atomic mass is 32.2. The fourth-order valence-corrected chi connectivity index (χ4v) is 4.42. The van der Waals surface area contributed by atoms with Crippen molar-refractivity contribution in [3.05, 3.63) is 42.2 Å². The van der Waals surface area contributed by atoms with Crippen LogP contribution in [0.5, 0.6) is 0 Å². The van der Waals surface area contributed by atoms with Crippen LogP contribution in [-0.4, -0.2) is 64.7 Å². The highest BCUT2D eigenvalue weighted by Gasteiger charge is 2.24. The number of hydrogen-bond acceptors (Lipinski definition) is 4. The third kappa shape index (κ3) is 5.17. The van der Waals surface area contributed by atoms with Gasteiger partial charge < -0.3 is 9.80 Å². The van der Waals surface area contributed by atoms with E-state index in [2.05, 4.69) is 23.9 Å². The maximum absolute atomic E-state index is 13.0. The number of thioether (sulfide) groups is 1. The molecule has 1 amide bonds. The Morgan fingerprint density at radius 3 is 2.82 bits per heavy atom. The molecule has 1 fully saturated rings. The highest BCUT2D eigenvalue weighted by molar-refractivity contribution is 7.98. The van der Waals surface area contributed by atoms with Crippen molar-refractivity contribution in [3.8, 4) is 5.69 Å². The summed E-state index contributed by atoms with van der Waals surface area (Å²) in [4.78, 5) is 21.9. The molecule has 28 heavy (non-hydrogen) atoms. The number of unbranched alkanes of at least 4 members (excludes halogenated alkanes) is 1. The number of piperidine rings is 1. The first kappa shape index (κ1) is 20.9. The minimum absolute atomic E-state index is 0.144. The van der Waals surface area contributed by atoms with Crippen molar-refractivity contribution < 1.29 is 4.79 Å². The molecule has 5 nitrogen and oxygen atoms in total. The largest absolute Gasteiger partial charge is 0.339 e. The van der Waals surface area contributed by atoms with Crippen LogP contribution in [0.15, 0.2) is 41.8 Å². The number of benzene rings is 1. The Balaban J connectivity index is 1.59. The minimum Gasteiger partial charge on any atom is -0.339 e. The van der Waals surface area contributed by atoms with Crippen LogP contribution < -0.4 is 0 Å². The summed E-state index contributed by atoms with van der Waals surface area (Å²) >= 11 is 1.60. The number of nitrogens with zero attached hydrogens (tertiary/aromatic N) is 4. The number of carbonyl (C=O) groups is 1. The van der Waals surface area contributed by atoms with E-state index in [-0.39, 0.29) is 5.91 Å². The van der Waals surface area contributed by atoms with Gasteiger partial charge in [-0.05, 0) is 63.2 Å². The van der Waals surface area contributed by atoms with E-state index in [0.717, 1.165) is 48.9 Å². The lowest BCUT2D eigenvalue weighted by Gasteiger charge is -2.34. The second-order valence-electron chi connectivity index (χ2n) is 7.69. The Bertz CT molecular complexity index is 767. The van der Waals surface area contributed by atoms with E-state index in [1.165, 1.54) is 19.4 Å². The average molecular weight is 401 g/mol. The summed E-state index contributed by atoms with van der Waals surface area (Å²) in [5, 5.41) is 0.928. The van der Waals surface area contributed by atoms with Crippen molar-refractivity contribution in [1.82, 2.24) is 19.4 Å². The second kappa shape index (κ2) is 10.1. The number of rotatable bonds is 8. The van der Waals surface area contributed by atoms with E-state index < -0.39 is 0 Å². The molecular formula is C22H32N4OS. The molecule has 0 aliphatic carbocycles. The molecule has 0 atom stereocenters. The molecule has 0 saturated carbocycles. The third-order valence-corrected chi connectivity index (χ3v) is 6.19. The molecular weight excluding hydrogens is 368 g/mol. The van der Waals surface area contributed by atoms with E-state index in [0.29, 0.717) is 5.92 Å². The summed E-state index contributed by atoms with van der Waals surface area (Å²) in [6, 6.07) is 7.89. The molecule has 1 aliphatic heterocycles. The summed E-state index contributed by atoms with van der Waals surface area (Å²) in [6.45, 7) is 6.28. The maximum Gasteiger partial charge on any atom is 0.253 e. The third-order valence-electron chi connectivity index (χ3n) is 5.53. The molecule has 1 aliphatic rings. The van der Waals surface area contributed by atoms with Crippen molar-refractivity contribution >= 4 is 17.7 Å². The van der Waals surface area contributed by atoms with Gasteiger partial charge in [-0.25, -0.2) is 4.98 Å². The quantitative estimate of drug-likeness (QED) is 0.624. The molecule has 0 bridgehead atoms. The lowest BCUT2D eigenvalue weighted by atomic mass is 9.95. The van der Waals surface area contributed by atoms with Crippen LogP contribution in [0.3, 0.4) is 0 Å². The van der Waals surface area contributed by atoms with Crippen molar-refractivity contribution in [1.29, 1.82) is 0 Å². The molecule has 3 rings (SSSR count). The van der Waals surface area contributed by atoms with Gasteiger partial charge in [-0.3, -0.25) is 9.36 Å². The molecule has 1 aromatic carbocycles. The minimum atomic E-state index is 0.144. The van der Waals surface area contributed by atoms with Crippen molar-refractivity contribution in [2.45, 2.75) is 37.8 Å². The fourth-order valence-electron chi connectivity index (χ4n) is 3.89. The Morgan fingerprint density at radius 2 is 2.11 bits per heavy atom. The summed E-state index contributed by atoms with van der Waals surface area (Å²) in [6.07, 6.45) is 10.4. The van der Waals surface area contributed by atoms with E-state index >= 15 is 0 Å². The molecule has 2 aromatic rings. The van der Waals surface area contributed by atoms with Gasteiger partial charge in [-0.15, -0.1) is 0 Å². The van der Waals surface area contributed by atoms with Crippen molar-refractivity contribution in [3.63, 3.8) is 0 Å². The van der Waals surface area contributed by atoms with Gasteiger partial charge in [-0.2, -0.15) is 0 Å². The molecule has 0 spiro atoms. The Morgan fingerprint density at radius 1 is 1.32 bits per heavy atom. The van der Waals surface area contributed by atoms with Gasteiger partial charge in [0, 0.05) is 43.3 Å². The number of carbonyl (C=O) groups excluding carboxylic acids is 1. The topological polar surface area (TPSA) is 41.4 Å². The molecule has 1 saturated heterocycles. The van der Waals surface area contributed by atoms with Crippen LogP contribution >= 0.6 is 11.8 Å². The molecule has 0 unspecified atom stereocenters. The predicted molar refractivity (Wildman–Crippen MR) is 116 cm³/mol. The molecule has 0 radical (unpaired) electrons. The first-order valence-electron chi connectivity index (χ1n) is 10.3. The molecule has 6 heteroatoms. The number of hydrogen-bond donors (Lipinski definition) is 0. The Hall–Kier alpha value is -1.79. The van der Waals surface area contributed by atoms with E-state index in [4.69, 9.17) is 0 Å². The van der Waals surface area contributed by atoms with Gasteiger partial charge in [0.2, 0.25) is 0 Å². The first-order valence-corrected chi connectivity index (χ1v) is 11.5. The molecule has 0 N–H and O–H groups in total. The summed E-state index contributed by atoms with van der Waals surface area (Å²) in [5.41, 5.74) is 1.75. The smallest absolute Gasteiger partial charge is 0.253 e. The van der Waals surface area contributed by atoms with Crippen LogP contribution in [0, 0.1) is 5.92 Å². The van der Waals surface area contributed by atoms with Crippen LogP contribution in [0.25, 0.3) is 5.69 Å². The molecule has 152 valence electrons. The van der Waals surface area contributed by atoms with Gasteiger partial charge in [0.15, 0.2) is 5.16 Å². The number of amides is 1. The maximum atomic E-state index is 13.0. The summed E-state index contributed by atoms with van der Waals surface area (Å²) < 4.78 is 2.03. The zero-order valence-electron chi connectivity index (χ0n) is 17.3. The lowest BCUT2D eigenvalue weighted by Crippen LogP contribution is -2.41. The van der Waals surface area contributed by atoms with E-state index in [1.807, 2.05) is 46.2 Å². The lowest BCUT2D eigenvalue weighted by molar-refractivity contribution is 0.0673. The summed E-state index contributed by atoms with van der Waals surface area (Å²) in [5.74, 6) is 0.845. The van der Waals surface area contributed by atoms with Crippen molar-refractivity contribution in [2.24, 2.45) is 5.92 Å². The standard InChI is InChI=1S/C22H32N4OS/c1-4-5-12-24(2)17-18-9-13-25(14-10-18)21(27)19-7-6-8-20(16-19)26-15-11-23-22(26)28-3/h6-8,11,15-16,18H,4-5,9-10,12-14,17H2,1-3H3. The first-order chi connectivity index (χ1) is 13.6. The van der Waals surface area contributed by atoms with Crippen LogP contribution in [-0.2, 0) is 0 Å². The van der Waals surface area contributed by atoms with Gasteiger partial charge in [-0.1, -0.05) is 31.2 Å². The zero-order valence-corrected chi connectivity index (χ0v) is 18.1. The van der Waals surface area contributed by atoms with Crippen LogP contribution in [0.4, 0.5) is 0 Å². The second-order valence-corrected chi connectivity index (χ2v) is 8.46. The normalized spacial score (nSPS) is 15.4. The SMILES string of the molecule is CCCCN(C)CC1CCN(C(=O)c2cccc(-n3ccnc3SC)c2)CC1. The van der Waals surface area contributed by atoms with Gasteiger partial charge in [0.05, 0.1) is 0 Å². The fraction of sp³-hybridized carbons (Fsp3) is 0.545. The highest BCUT2D eigenvalue weighted by Crippen LogP contribution is 2.22. The number of aromatic nitrogens is 2. The van der Waals surface area contributed by atoms with Crippen LogP contribution in [0.2, 0.25) is 0 Å². The van der Waals surface area contributed by atoms with Crippen LogP contribution in [0.1, 0.15) is 43.0 Å². The Kier molecular flexibility index (Phi) is 7.57. The molecule has 2 heterocycles. The predicted octanol–water partition coefficient (Wildman–Crippen LogP) is 4.18. The monoisotopic (exact) mass is 400 g/mol. The van der Waals surface area contributed by atoms with Gasteiger partial charge in [0.1, 0.15) is 0 Å². The van der Waals surface area contributed by atoms with Gasteiger partial charge >= 0.3 is 0 Å². The van der Waals surface area contributed by atoms with Gasteiger partial charge in [0.25, 0.3) is 5.91 Å². The Labute approximate surface area is 173 Å². The van der Waals surface area contributed by atoms with Crippen molar-refractivity contribution in [2.75, 3.05) is 39.5 Å².